The zero-order valence-electron chi connectivity index (χ0n) is 25.4. The van der Waals surface area contributed by atoms with Crippen LogP contribution in [0.4, 0.5) is 17.1 Å². The van der Waals surface area contributed by atoms with Gasteiger partial charge in [-0.25, -0.2) is 0 Å². The van der Waals surface area contributed by atoms with Crippen molar-refractivity contribution in [2.45, 2.75) is 0 Å². The van der Waals surface area contributed by atoms with Crippen LogP contribution >= 0.6 is 11.3 Å². The van der Waals surface area contributed by atoms with E-state index in [4.69, 9.17) is 4.42 Å². The molecule has 2 nitrogen and oxygen atoms in total. The number of anilines is 3. The van der Waals surface area contributed by atoms with Crippen LogP contribution in [0.25, 0.3) is 74.8 Å². The minimum atomic E-state index is 0.878. The highest BCUT2D eigenvalue weighted by Gasteiger charge is 2.26. The van der Waals surface area contributed by atoms with Gasteiger partial charge in [0.2, 0.25) is 0 Å². The molecule has 8 aromatic carbocycles. The average Bonchev–Trinajstić information content (AvgIpc) is 3.72. The lowest BCUT2D eigenvalue weighted by Gasteiger charge is -2.28. The summed E-state index contributed by atoms with van der Waals surface area (Å²) in [6.45, 7) is 0. The maximum atomic E-state index is 7.19. The second kappa shape index (κ2) is 10.3. The summed E-state index contributed by atoms with van der Waals surface area (Å²) in [4.78, 5) is 2.39. The van der Waals surface area contributed by atoms with Crippen LogP contribution in [0.15, 0.2) is 168 Å². The van der Waals surface area contributed by atoms with Crippen molar-refractivity contribution >= 4 is 92.1 Å². The highest BCUT2D eigenvalue weighted by Crippen LogP contribution is 2.50. The molecule has 0 spiro atoms. The molecule has 3 heteroatoms. The Morgan fingerprint density at radius 2 is 1.00 bits per heavy atom. The molecule has 0 aliphatic rings. The monoisotopic (exact) mass is 617 g/mol. The number of hydrogen-bond acceptors (Lipinski definition) is 3. The van der Waals surface area contributed by atoms with Gasteiger partial charge in [-0.1, -0.05) is 127 Å². The van der Waals surface area contributed by atoms with Gasteiger partial charge in [-0.3, -0.25) is 0 Å². The van der Waals surface area contributed by atoms with Gasteiger partial charge in [0, 0.05) is 53.3 Å². The predicted octanol–water partition coefficient (Wildman–Crippen LogP) is 13.4. The van der Waals surface area contributed by atoms with Gasteiger partial charge in [0.15, 0.2) is 5.58 Å². The van der Waals surface area contributed by atoms with Crippen LogP contribution in [0, 0.1) is 0 Å². The Bertz CT molecular complexity index is 2790. The Balaban J connectivity index is 1.37. The van der Waals surface area contributed by atoms with Crippen molar-refractivity contribution in [2.24, 2.45) is 0 Å². The molecule has 10 rings (SSSR count). The van der Waals surface area contributed by atoms with Crippen LogP contribution in [0.5, 0.6) is 0 Å². The van der Waals surface area contributed by atoms with E-state index in [2.05, 4.69) is 169 Å². The lowest BCUT2D eigenvalue weighted by Crippen LogP contribution is -2.11. The van der Waals surface area contributed by atoms with Gasteiger partial charge in [-0.2, -0.15) is 0 Å². The molecular formula is C44H27NOS. The Kier molecular flexibility index (Phi) is 5.78. The van der Waals surface area contributed by atoms with Crippen molar-refractivity contribution in [2.75, 3.05) is 4.90 Å². The fourth-order valence-corrected chi connectivity index (χ4v) is 8.51. The minimum absolute atomic E-state index is 0.878. The van der Waals surface area contributed by atoms with Crippen molar-refractivity contribution in [1.82, 2.24) is 0 Å². The molecule has 0 amide bonds. The van der Waals surface area contributed by atoms with Crippen LogP contribution in [0.2, 0.25) is 0 Å². The van der Waals surface area contributed by atoms with E-state index in [-0.39, 0.29) is 0 Å². The first-order chi connectivity index (χ1) is 23.3. The summed E-state index contributed by atoms with van der Waals surface area (Å²) in [5, 5.41) is 9.62. The number of fused-ring (bicyclic) bond motifs is 11. The molecule has 0 saturated heterocycles. The number of thiophene rings is 1. The molecule has 47 heavy (non-hydrogen) atoms. The molecule has 0 N–H and O–H groups in total. The van der Waals surface area contributed by atoms with E-state index in [0.29, 0.717) is 0 Å². The van der Waals surface area contributed by atoms with Gasteiger partial charge in [0.25, 0.3) is 0 Å². The van der Waals surface area contributed by atoms with E-state index in [0.717, 1.165) is 55.5 Å². The molecule has 0 radical (unpaired) electrons. The minimum Gasteiger partial charge on any atom is -0.453 e. The first-order valence-corrected chi connectivity index (χ1v) is 16.8. The van der Waals surface area contributed by atoms with Crippen molar-refractivity contribution in [3.05, 3.63) is 164 Å². The third-order valence-electron chi connectivity index (χ3n) is 9.43. The highest BCUT2D eigenvalue weighted by atomic mass is 32.1. The molecule has 0 atom stereocenters. The largest absolute Gasteiger partial charge is 0.453 e. The molecule has 0 aliphatic heterocycles. The summed E-state index contributed by atoms with van der Waals surface area (Å²) in [5.74, 6) is 0. The Morgan fingerprint density at radius 3 is 1.79 bits per heavy atom. The summed E-state index contributed by atoms with van der Waals surface area (Å²) < 4.78 is 9.75. The second-order valence-corrected chi connectivity index (χ2v) is 13.1. The molecule has 0 aliphatic carbocycles. The van der Waals surface area contributed by atoms with E-state index >= 15 is 0 Å². The summed E-state index contributed by atoms with van der Waals surface area (Å²) in [6, 6.07) is 58.8. The van der Waals surface area contributed by atoms with Crippen LogP contribution in [0.1, 0.15) is 0 Å². The normalized spacial score (nSPS) is 11.8. The van der Waals surface area contributed by atoms with Crippen LogP contribution < -0.4 is 4.90 Å². The molecule has 2 heterocycles. The number of benzene rings is 8. The second-order valence-electron chi connectivity index (χ2n) is 12.1. The van der Waals surface area contributed by atoms with Crippen LogP contribution in [-0.2, 0) is 0 Å². The van der Waals surface area contributed by atoms with Crippen molar-refractivity contribution in [3.63, 3.8) is 0 Å². The van der Waals surface area contributed by atoms with Gasteiger partial charge in [0.05, 0.1) is 5.69 Å². The van der Waals surface area contributed by atoms with Gasteiger partial charge in [-0.15, -0.1) is 11.3 Å². The van der Waals surface area contributed by atoms with Crippen molar-refractivity contribution in [3.8, 4) is 11.1 Å². The molecule has 220 valence electrons. The summed E-state index contributed by atoms with van der Waals surface area (Å²) in [7, 11) is 0. The van der Waals surface area contributed by atoms with E-state index in [1.54, 1.807) is 0 Å². The maximum absolute atomic E-state index is 7.19. The fourth-order valence-electron chi connectivity index (χ4n) is 7.37. The molecule has 2 aromatic heterocycles. The molecular weight excluding hydrogens is 591 g/mol. The smallest absolute Gasteiger partial charge is 0.160 e. The topological polar surface area (TPSA) is 16.4 Å². The van der Waals surface area contributed by atoms with Crippen molar-refractivity contribution < 1.29 is 4.42 Å². The van der Waals surface area contributed by atoms with Gasteiger partial charge in [0.1, 0.15) is 5.58 Å². The molecule has 0 saturated carbocycles. The predicted molar refractivity (Wildman–Crippen MR) is 202 cm³/mol. The zero-order chi connectivity index (χ0) is 30.9. The van der Waals surface area contributed by atoms with Crippen molar-refractivity contribution in [1.29, 1.82) is 0 Å². The Labute approximate surface area is 275 Å². The molecule has 0 bridgehead atoms. The van der Waals surface area contributed by atoms with E-state index in [1.807, 2.05) is 11.3 Å². The summed E-state index contributed by atoms with van der Waals surface area (Å²) in [6.07, 6.45) is 0. The molecule has 10 aromatic rings. The summed E-state index contributed by atoms with van der Waals surface area (Å²) >= 11 is 1.84. The zero-order valence-corrected chi connectivity index (χ0v) is 26.2. The number of para-hydroxylation sites is 1. The van der Waals surface area contributed by atoms with Gasteiger partial charge in [-0.05, 0) is 58.1 Å². The average molecular weight is 618 g/mol. The number of rotatable bonds is 4. The molecule has 0 unspecified atom stereocenters. The SMILES string of the molecule is c1ccc(-c2ccc3c(oc4c5ccccc5c5ccccc5c34)c2N(c2ccccc2)c2ccc3c(c2)sc2ccccc23)cc1. The summed E-state index contributed by atoms with van der Waals surface area (Å²) in [5.41, 5.74) is 7.26. The van der Waals surface area contributed by atoms with E-state index < -0.39 is 0 Å². The first-order valence-electron chi connectivity index (χ1n) is 15.9. The third-order valence-corrected chi connectivity index (χ3v) is 10.6. The Morgan fingerprint density at radius 1 is 0.404 bits per heavy atom. The fraction of sp³-hybridized carbons (Fsp3) is 0. The van der Waals surface area contributed by atoms with Gasteiger partial charge < -0.3 is 9.32 Å². The van der Waals surface area contributed by atoms with Gasteiger partial charge >= 0.3 is 0 Å². The standard InChI is InChI=1S/C44H27NOS/c1-3-13-28(14-4-1)31-25-26-38-41-36-20-9-7-17-32(36)33-18-8-10-21-37(33)43(41)46-44(38)42(31)45(29-15-5-2-6-16-29)30-23-24-35-34-19-11-12-22-39(34)47-40(35)27-30/h1-27H. The van der Waals surface area contributed by atoms with E-state index in [9.17, 15) is 0 Å². The quantitative estimate of drug-likeness (QED) is 0.183. The Hall–Kier alpha value is -5.90. The highest BCUT2D eigenvalue weighted by molar-refractivity contribution is 7.25. The third kappa shape index (κ3) is 3.97. The lowest BCUT2D eigenvalue weighted by atomic mass is 9.95. The number of hydrogen-bond donors (Lipinski definition) is 0. The first kappa shape index (κ1) is 26.3. The van der Waals surface area contributed by atoms with Crippen LogP contribution in [0.3, 0.4) is 0 Å². The maximum Gasteiger partial charge on any atom is 0.160 e. The molecule has 0 fully saturated rings. The number of nitrogens with zero attached hydrogens (tertiary/aromatic N) is 1. The van der Waals surface area contributed by atoms with Crippen LogP contribution in [-0.4, -0.2) is 0 Å². The lowest BCUT2D eigenvalue weighted by molar-refractivity contribution is 0.673. The van der Waals surface area contributed by atoms with E-state index in [1.165, 1.54) is 36.3 Å². The number of furan rings is 1.